The largest absolute Gasteiger partial charge is 0.502 e. The van der Waals surface area contributed by atoms with Crippen LogP contribution < -0.4 is 11.0 Å². The van der Waals surface area contributed by atoms with Gasteiger partial charge < -0.3 is 9.52 Å². The molecule has 0 saturated carbocycles. The molecular weight excluding hydrogens is 344 g/mol. The van der Waals surface area contributed by atoms with Crippen molar-refractivity contribution in [2.75, 3.05) is 0 Å². The van der Waals surface area contributed by atoms with Gasteiger partial charge in [-0.15, -0.1) is 10.2 Å². The predicted molar refractivity (Wildman–Crippen MR) is 91.9 cm³/mol. The first kappa shape index (κ1) is 15.5. The lowest BCUT2D eigenvalue weighted by Crippen LogP contribution is -2.20. The second-order valence-corrected chi connectivity index (χ2v) is 6.33. The molecule has 1 N–H and O–H groups in total. The van der Waals surface area contributed by atoms with E-state index in [4.69, 9.17) is 4.42 Å². The number of hydrogen-bond donors (Lipinski definition) is 1. The Morgan fingerprint density at radius 3 is 2.84 bits per heavy atom. The molecular formula is C16H12N4O4S. The number of nitrogens with zero attached hydrogens (tertiary/aromatic N) is 4. The van der Waals surface area contributed by atoms with Gasteiger partial charge in [0, 0.05) is 13.1 Å². The van der Waals surface area contributed by atoms with Gasteiger partial charge in [0.1, 0.15) is 12.0 Å². The summed E-state index contributed by atoms with van der Waals surface area (Å²) < 4.78 is 8.43. The third kappa shape index (κ3) is 2.49. The molecule has 1 aromatic carbocycles. The number of rotatable bonds is 3. The average Bonchev–Trinajstić information content (AvgIpc) is 3.05. The lowest BCUT2D eigenvalue weighted by Gasteiger charge is -2.07. The Morgan fingerprint density at radius 1 is 1.24 bits per heavy atom. The van der Waals surface area contributed by atoms with Crippen molar-refractivity contribution in [1.29, 1.82) is 0 Å². The summed E-state index contributed by atoms with van der Waals surface area (Å²) in [7, 11) is 1.65. The second kappa shape index (κ2) is 5.78. The van der Waals surface area contributed by atoms with Crippen LogP contribution in [-0.4, -0.2) is 24.3 Å². The van der Waals surface area contributed by atoms with E-state index in [1.165, 1.54) is 22.4 Å². The maximum absolute atomic E-state index is 12.4. The third-order valence-corrected chi connectivity index (χ3v) is 4.76. The highest BCUT2D eigenvalue weighted by Gasteiger charge is 2.15. The van der Waals surface area contributed by atoms with Crippen LogP contribution in [0.1, 0.15) is 5.76 Å². The van der Waals surface area contributed by atoms with Crippen LogP contribution in [0.25, 0.3) is 16.7 Å². The zero-order valence-corrected chi connectivity index (χ0v) is 13.9. The van der Waals surface area contributed by atoms with Gasteiger partial charge >= 0.3 is 0 Å². The Hall–Kier alpha value is -3.07. The highest BCUT2D eigenvalue weighted by atomic mass is 32.2. The van der Waals surface area contributed by atoms with E-state index in [1.807, 2.05) is 12.1 Å². The molecule has 126 valence electrons. The van der Waals surface area contributed by atoms with Crippen LogP contribution >= 0.6 is 11.8 Å². The molecule has 0 amide bonds. The van der Waals surface area contributed by atoms with Gasteiger partial charge in [-0.1, -0.05) is 23.9 Å². The van der Waals surface area contributed by atoms with Crippen molar-refractivity contribution >= 4 is 28.4 Å². The van der Waals surface area contributed by atoms with E-state index in [9.17, 15) is 14.7 Å². The number of fused-ring (bicyclic) bond motifs is 3. The van der Waals surface area contributed by atoms with E-state index in [0.29, 0.717) is 33.4 Å². The summed E-state index contributed by atoms with van der Waals surface area (Å²) in [6.07, 6.45) is 1.01. The Labute approximate surface area is 144 Å². The minimum atomic E-state index is -0.499. The van der Waals surface area contributed by atoms with Crippen molar-refractivity contribution in [3.05, 3.63) is 62.9 Å². The topological polar surface area (TPSA) is 103 Å². The number of para-hydroxylation sites is 1. The monoisotopic (exact) mass is 356 g/mol. The smallest absolute Gasteiger partial charge is 0.262 e. The molecule has 0 unspecified atom stereocenters. The summed E-state index contributed by atoms with van der Waals surface area (Å²) in [6.45, 7) is 0. The van der Waals surface area contributed by atoms with Gasteiger partial charge in [0.25, 0.3) is 5.56 Å². The SMILES string of the molecule is Cn1c(=O)c2ccccc2n2c(SCc3cc(=O)c(O)co3)nnc12. The van der Waals surface area contributed by atoms with Crippen molar-refractivity contribution in [3.63, 3.8) is 0 Å². The van der Waals surface area contributed by atoms with Crippen molar-refractivity contribution in [2.45, 2.75) is 10.9 Å². The summed E-state index contributed by atoms with van der Waals surface area (Å²) in [6, 6.07) is 8.47. The summed E-state index contributed by atoms with van der Waals surface area (Å²) in [5.74, 6) is 0.729. The number of aromatic nitrogens is 4. The first-order chi connectivity index (χ1) is 12.1. The molecule has 0 atom stereocenters. The van der Waals surface area contributed by atoms with Crippen LogP contribution in [0.15, 0.2) is 55.8 Å². The van der Waals surface area contributed by atoms with Gasteiger partial charge in [-0.3, -0.25) is 18.6 Å². The van der Waals surface area contributed by atoms with E-state index in [0.717, 1.165) is 6.26 Å². The number of thioether (sulfide) groups is 1. The maximum Gasteiger partial charge on any atom is 0.262 e. The van der Waals surface area contributed by atoms with E-state index in [-0.39, 0.29) is 5.56 Å². The molecule has 0 aliphatic rings. The Balaban J connectivity index is 1.81. The third-order valence-electron chi connectivity index (χ3n) is 3.81. The highest BCUT2D eigenvalue weighted by Crippen LogP contribution is 2.24. The van der Waals surface area contributed by atoms with Crippen LogP contribution in [0.4, 0.5) is 0 Å². The van der Waals surface area contributed by atoms with Gasteiger partial charge in [-0.05, 0) is 12.1 Å². The standard InChI is InChI=1S/C16H12N4O4S/c1-19-14(23)10-4-2-3-5-11(10)20-15(19)17-18-16(20)25-8-9-6-12(21)13(22)7-24-9/h2-7,22H,8H2,1H3. The molecule has 8 nitrogen and oxygen atoms in total. The van der Waals surface area contributed by atoms with E-state index in [1.54, 1.807) is 23.6 Å². The fourth-order valence-electron chi connectivity index (χ4n) is 2.56. The lowest BCUT2D eigenvalue weighted by atomic mass is 10.2. The van der Waals surface area contributed by atoms with E-state index >= 15 is 0 Å². The molecule has 25 heavy (non-hydrogen) atoms. The number of aromatic hydroxyl groups is 1. The molecule has 9 heteroatoms. The molecule has 0 aliphatic carbocycles. The first-order valence-corrected chi connectivity index (χ1v) is 8.31. The fourth-order valence-corrected chi connectivity index (χ4v) is 3.39. The molecule has 0 radical (unpaired) electrons. The number of hydrogen-bond acceptors (Lipinski definition) is 7. The quantitative estimate of drug-likeness (QED) is 0.555. The van der Waals surface area contributed by atoms with Crippen molar-refractivity contribution in [2.24, 2.45) is 7.05 Å². The summed E-state index contributed by atoms with van der Waals surface area (Å²) in [5.41, 5.74) is 0.0673. The lowest BCUT2D eigenvalue weighted by molar-refractivity contribution is 0.419. The minimum Gasteiger partial charge on any atom is -0.502 e. The molecule has 4 rings (SSSR count). The van der Waals surface area contributed by atoms with Crippen molar-refractivity contribution in [3.8, 4) is 5.75 Å². The van der Waals surface area contributed by atoms with Gasteiger partial charge in [0.15, 0.2) is 10.9 Å². The van der Waals surface area contributed by atoms with Crippen LogP contribution in [-0.2, 0) is 12.8 Å². The Kier molecular flexibility index (Phi) is 3.57. The van der Waals surface area contributed by atoms with Gasteiger partial charge in [0.05, 0.1) is 16.7 Å². The minimum absolute atomic E-state index is 0.142. The Morgan fingerprint density at radius 2 is 2.04 bits per heavy atom. The fraction of sp³-hybridized carbons (Fsp3) is 0.125. The maximum atomic E-state index is 12.4. The summed E-state index contributed by atoms with van der Waals surface area (Å²) >= 11 is 1.31. The van der Waals surface area contributed by atoms with E-state index < -0.39 is 11.2 Å². The van der Waals surface area contributed by atoms with Crippen LogP contribution in [0.3, 0.4) is 0 Å². The molecule has 4 aromatic rings. The molecule has 0 spiro atoms. The molecule has 3 aromatic heterocycles. The number of benzene rings is 1. The second-order valence-electron chi connectivity index (χ2n) is 5.38. The highest BCUT2D eigenvalue weighted by molar-refractivity contribution is 7.98. The average molecular weight is 356 g/mol. The molecule has 0 saturated heterocycles. The number of aryl methyl sites for hydroxylation is 1. The Bertz CT molecular complexity index is 1220. The molecule has 0 fully saturated rings. The van der Waals surface area contributed by atoms with Crippen molar-refractivity contribution in [1.82, 2.24) is 19.2 Å². The molecule has 0 bridgehead atoms. The van der Waals surface area contributed by atoms with E-state index in [2.05, 4.69) is 10.2 Å². The van der Waals surface area contributed by atoms with Gasteiger partial charge in [0.2, 0.25) is 11.2 Å². The van der Waals surface area contributed by atoms with Gasteiger partial charge in [-0.2, -0.15) is 0 Å². The van der Waals surface area contributed by atoms with Crippen LogP contribution in [0.2, 0.25) is 0 Å². The molecule has 3 heterocycles. The summed E-state index contributed by atoms with van der Waals surface area (Å²) in [4.78, 5) is 23.9. The van der Waals surface area contributed by atoms with Crippen LogP contribution in [0, 0.1) is 0 Å². The predicted octanol–water partition coefficient (Wildman–Crippen LogP) is 1.53. The normalized spacial score (nSPS) is 11.4. The van der Waals surface area contributed by atoms with Crippen LogP contribution in [0.5, 0.6) is 5.75 Å². The molecule has 0 aliphatic heterocycles. The van der Waals surface area contributed by atoms with Gasteiger partial charge in [-0.25, -0.2) is 0 Å². The first-order valence-electron chi connectivity index (χ1n) is 7.32. The van der Waals surface area contributed by atoms with Crippen molar-refractivity contribution < 1.29 is 9.52 Å². The zero-order chi connectivity index (χ0) is 17.6. The summed E-state index contributed by atoms with van der Waals surface area (Å²) in [5, 5.41) is 18.6. The zero-order valence-electron chi connectivity index (χ0n) is 13.0.